The molecule has 0 amide bonds. The maximum atomic E-state index is 11.6. The summed E-state index contributed by atoms with van der Waals surface area (Å²) in [6, 6.07) is 3.88. The van der Waals surface area contributed by atoms with Crippen LogP contribution in [-0.4, -0.2) is 28.1 Å². The summed E-state index contributed by atoms with van der Waals surface area (Å²) in [6.07, 6.45) is 2.29. The molecule has 1 N–H and O–H groups in total. The molecule has 0 saturated carbocycles. The molecule has 1 aliphatic rings. The van der Waals surface area contributed by atoms with E-state index in [9.17, 15) is 9.90 Å². The fourth-order valence-electron chi connectivity index (χ4n) is 3.06. The molecule has 2 unspecified atom stereocenters. The normalized spacial score (nSPS) is 26.4. The predicted molar refractivity (Wildman–Crippen MR) is 68.5 cm³/mol. The van der Waals surface area contributed by atoms with E-state index in [1.54, 1.807) is 0 Å². The minimum atomic E-state index is -0.722. The molecular weight excluding hydrogens is 230 g/mol. The van der Waals surface area contributed by atoms with Gasteiger partial charge >= 0.3 is 5.97 Å². The minimum absolute atomic E-state index is 0.0113. The van der Waals surface area contributed by atoms with Crippen molar-refractivity contribution in [3.05, 3.63) is 23.7 Å². The van der Waals surface area contributed by atoms with Crippen LogP contribution in [0.15, 0.2) is 16.5 Å². The first-order valence-electron chi connectivity index (χ1n) is 6.57. The third-order valence-corrected chi connectivity index (χ3v) is 4.16. The Kier molecular flexibility index (Phi) is 3.48. The third kappa shape index (κ3) is 1.94. The van der Waals surface area contributed by atoms with Gasteiger partial charge < -0.3 is 9.52 Å². The summed E-state index contributed by atoms with van der Waals surface area (Å²) in [5.41, 5.74) is -0.722. The van der Waals surface area contributed by atoms with Gasteiger partial charge in [0.15, 0.2) is 0 Å². The first-order chi connectivity index (χ1) is 8.51. The lowest BCUT2D eigenvalue weighted by atomic mass is 9.91. The van der Waals surface area contributed by atoms with E-state index in [1.807, 2.05) is 32.9 Å². The topological polar surface area (TPSA) is 53.7 Å². The number of carboxylic acids is 1. The van der Waals surface area contributed by atoms with Gasteiger partial charge in [0.2, 0.25) is 0 Å². The van der Waals surface area contributed by atoms with Crippen molar-refractivity contribution in [2.45, 2.75) is 51.6 Å². The largest absolute Gasteiger partial charge is 0.480 e. The molecule has 0 aliphatic carbocycles. The Morgan fingerprint density at radius 1 is 1.61 bits per heavy atom. The van der Waals surface area contributed by atoms with Crippen LogP contribution in [0.4, 0.5) is 0 Å². The summed E-state index contributed by atoms with van der Waals surface area (Å²) in [7, 11) is 0. The second kappa shape index (κ2) is 4.76. The van der Waals surface area contributed by atoms with Gasteiger partial charge in [-0.3, -0.25) is 9.69 Å². The molecule has 0 aromatic carbocycles. The molecule has 4 heteroatoms. The highest BCUT2D eigenvalue weighted by Crippen LogP contribution is 2.39. The Labute approximate surface area is 108 Å². The van der Waals surface area contributed by atoms with Gasteiger partial charge in [0.1, 0.15) is 17.1 Å². The lowest BCUT2D eigenvalue weighted by Gasteiger charge is -2.37. The zero-order valence-corrected chi connectivity index (χ0v) is 11.3. The lowest BCUT2D eigenvalue weighted by molar-refractivity contribution is -0.151. The first kappa shape index (κ1) is 13.1. The van der Waals surface area contributed by atoms with Gasteiger partial charge in [-0.15, -0.1) is 0 Å². The lowest BCUT2D eigenvalue weighted by Crippen LogP contribution is -2.50. The van der Waals surface area contributed by atoms with Crippen molar-refractivity contribution in [3.8, 4) is 0 Å². The van der Waals surface area contributed by atoms with Crippen LogP contribution in [-0.2, 0) is 4.79 Å². The van der Waals surface area contributed by atoms with Gasteiger partial charge in [-0.05, 0) is 45.2 Å². The van der Waals surface area contributed by atoms with Crippen molar-refractivity contribution in [1.29, 1.82) is 0 Å². The van der Waals surface area contributed by atoms with Crippen LogP contribution >= 0.6 is 0 Å². The van der Waals surface area contributed by atoms with Crippen molar-refractivity contribution in [3.63, 3.8) is 0 Å². The standard InChI is InChI=1S/C14H21NO3/c1-4-14(13(16)17)8-5-9-15(14)11(3)12-7-6-10(2)18-12/h6-7,11H,4-5,8-9H2,1-3H3,(H,16,17). The third-order valence-electron chi connectivity index (χ3n) is 4.16. The molecule has 4 nitrogen and oxygen atoms in total. The monoisotopic (exact) mass is 251 g/mol. The van der Waals surface area contributed by atoms with Crippen LogP contribution in [0.25, 0.3) is 0 Å². The Balaban J connectivity index is 2.29. The highest BCUT2D eigenvalue weighted by atomic mass is 16.4. The molecule has 1 aliphatic heterocycles. The number of carbonyl (C=O) groups is 1. The Morgan fingerprint density at radius 3 is 2.83 bits per heavy atom. The smallest absolute Gasteiger partial charge is 0.324 e. The first-order valence-corrected chi connectivity index (χ1v) is 6.57. The molecule has 1 saturated heterocycles. The van der Waals surface area contributed by atoms with E-state index in [0.29, 0.717) is 6.42 Å². The number of nitrogens with zero attached hydrogens (tertiary/aromatic N) is 1. The molecule has 18 heavy (non-hydrogen) atoms. The molecule has 0 bridgehead atoms. The van der Waals surface area contributed by atoms with Crippen molar-refractivity contribution in [2.75, 3.05) is 6.54 Å². The summed E-state index contributed by atoms with van der Waals surface area (Å²) in [5.74, 6) is 1.01. The minimum Gasteiger partial charge on any atom is -0.480 e. The van der Waals surface area contributed by atoms with Gasteiger partial charge in [0.25, 0.3) is 0 Å². The number of aliphatic carboxylic acids is 1. The van der Waals surface area contributed by atoms with Gasteiger partial charge in [-0.2, -0.15) is 0 Å². The fraction of sp³-hybridized carbons (Fsp3) is 0.643. The molecule has 0 spiro atoms. The van der Waals surface area contributed by atoms with Crippen molar-refractivity contribution in [2.24, 2.45) is 0 Å². The Hall–Kier alpha value is -1.29. The zero-order valence-electron chi connectivity index (χ0n) is 11.3. The average molecular weight is 251 g/mol. The van der Waals surface area contributed by atoms with E-state index in [2.05, 4.69) is 4.90 Å². The molecule has 1 aromatic rings. The van der Waals surface area contributed by atoms with Crippen LogP contribution in [0.2, 0.25) is 0 Å². The van der Waals surface area contributed by atoms with Crippen LogP contribution in [0.1, 0.15) is 50.7 Å². The van der Waals surface area contributed by atoms with E-state index >= 15 is 0 Å². The van der Waals surface area contributed by atoms with Crippen molar-refractivity contribution in [1.82, 2.24) is 4.90 Å². The molecule has 1 aromatic heterocycles. The maximum absolute atomic E-state index is 11.6. The average Bonchev–Trinajstić information content (AvgIpc) is 2.94. The number of furan rings is 1. The number of hydrogen-bond acceptors (Lipinski definition) is 3. The van der Waals surface area contributed by atoms with E-state index in [1.165, 1.54) is 0 Å². The van der Waals surface area contributed by atoms with Crippen LogP contribution in [0.3, 0.4) is 0 Å². The van der Waals surface area contributed by atoms with Gasteiger partial charge in [-0.1, -0.05) is 6.92 Å². The Bertz CT molecular complexity index is 440. The van der Waals surface area contributed by atoms with E-state index < -0.39 is 11.5 Å². The van der Waals surface area contributed by atoms with Gasteiger partial charge in [0.05, 0.1) is 6.04 Å². The number of rotatable bonds is 4. The quantitative estimate of drug-likeness (QED) is 0.893. The van der Waals surface area contributed by atoms with Gasteiger partial charge in [0, 0.05) is 6.54 Å². The number of likely N-dealkylation sites (tertiary alicyclic amines) is 1. The van der Waals surface area contributed by atoms with E-state index in [-0.39, 0.29) is 6.04 Å². The molecule has 100 valence electrons. The van der Waals surface area contributed by atoms with E-state index in [4.69, 9.17) is 4.42 Å². The molecule has 0 radical (unpaired) electrons. The highest BCUT2D eigenvalue weighted by molar-refractivity contribution is 5.79. The van der Waals surface area contributed by atoms with Crippen molar-refractivity contribution < 1.29 is 14.3 Å². The predicted octanol–water partition coefficient (Wildman–Crippen LogP) is 2.98. The molecule has 2 rings (SSSR count). The van der Waals surface area contributed by atoms with Crippen LogP contribution in [0, 0.1) is 6.92 Å². The summed E-state index contributed by atoms with van der Waals surface area (Å²) in [6.45, 7) is 6.70. The summed E-state index contributed by atoms with van der Waals surface area (Å²) < 4.78 is 5.64. The van der Waals surface area contributed by atoms with Gasteiger partial charge in [-0.25, -0.2) is 0 Å². The maximum Gasteiger partial charge on any atom is 0.324 e. The van der Waals surface area contributed by atoms with Crippen LogP contribution in [0.5, 0.6) is 0 Å². The number of hydrogen-bond donors (Lipinski definition) is 1. The summed E-state index contributed by atoms with van der Waals surface area (Å²) in [5, 5.41) is 9.56. The Morgan fingerprint density at radius 2 is 2.33 bits per heavy atom. The summed E-state index contributed by atoms with van der Waals surface area (Å²) in [4.78, 5) is 13.7. The van der Waals surface area contributed by atoms with E-state index in [0.717, 1.165) is 30.9 Å². The number of aryl methyl sites for hydroxylation is 1. The molecule has 2 atom stereocenters. The summed E-state index contributed by atoms with van der Waals surface area (Å²) >= 11 is 0. The second-order valence-corrected chi connectivity index (χ2v) is 5.11. The molecule has 2 heterocycles. The molecular formula is C14H21NO3. The van der Waals surface area contributed by atoms with Crippen LogP contribution < -0.4 is 0 Å². The highest BCUT2D eigenvalue weighted by Gasteiger charge is 2.48. The number of carboxylic acid groups (broad SMARTS) is 1. The zero-order chi connectivity index (χ0) is 13.3. The molecule has 1 fully saturated rings. The second-order valence-electron chi connectivity index (χ2n) is 5.11. The fourth-order valence-corrected chi connectivity index (χ4v) is 3.06. The SMILES string of the molecule is CCC1(C(=O)O)CCCN1C(C)c1ccc(C)o1. The van der Waals surface area contributed by atoms with Crippen molar-refractivity contribution >= 4 is 5.97 Å².